The minimum absolute atomic E-state index is 0.510. The van der Waals surface area contributed by atoms with E-state index in [9.17, 15) is 5.11 Å². The Hall–Kier alpha value is -1.02. The van der Waals surface area contributed by atoms with Gasteiger partial charge in [-0.15, -0.1) is 0 Å². The molecule has 1 radical (unpaired) electrons. The lowest BCUT2D eigenvalue weighted by Gasteiger charge is -1.96. The summed E-state index contributed by atoms with van der Waals surface area (Å²) in [7, 11) is 0. The Labute approximate surface area is 53.7 Å². The summed E-state index contributed by atoms with van der Waals surface area (Å²) in [5, 5.41) is 9.88. The zero-order chi connectivity index (χ0) is 6.53. The first-order valence-electron chi connectivity index (χ1n) is 2.69. The van der Waals surface area contributed by atoms with Crippen LogP contribution in [-0.2, 0) is 5.11 Å². The lowest BCUT2D eigenvalue weighted by Crippen LogP contribution is -1.91. The predicted molar refractivity (Wildman–Crippen MR) is 32.6 cm³/mol. The van der Waals surface area contributed by atoms with Gasteiger partial charge in [0.15, 0.2) is 0 Å². The lowest BCUT2D eigenvalue weighted by atomic mass is 10.3. The predicted octanol–water partition coefficient (Wildman–Crippen LogP) is 1.45. The smallest absolute Gasteiger partial charge is 0.221 e. The van der Waals surface area contributed by atoms with E-state index in [0.29, 0.717) is 5.75 Å². The van der Waals surface area contributed by atoms with Crippen molar-refractivity contribution in [2.45, 2.75) is 0 Å². The molecule has 0 bridgehead atoms. The Bertz CT molecular complexity index is 160. The summed E-state index contributed by atoms with van der Waals surface area (Å²) in [5.74, 6) is 0.632. The molecule has 47 valence electrons. The Morgan fingerprint density at radius 3 is 2.44 bits per heavy atom. The maximum Gasteiger partial charge on any atom is 0.221 e. The van der Waals surface area contributed by atoms with Crippen LogP contribution in [0.3, 0.4) is 0 Å². The third kappa shape index (κ3) is 1.74. The van der Waals surface area contributed by atoms with E-state index in [1.54, 1.807) is 12.1 Å². The van der Waals surface area contributed by atoms with Crippen molar-refractivity contribution in [1.82, 2.24) is 0 Å². The molecule has 2 heteroatoms. The first-order valence-corrected chi connectivity index (χ1v) is 2.69. The normalized spacial score (nSPS) is 9.00. The van der Waals surface area contributed by atoms with Crippen molar-refractivity contribution in [3.63, 3.8) is 0 Å². The molecule has 0 heterocycles. The molecule has 0 aliphatic carbocycles. The van der Waals surface area contributed by atoms with E-state index in [4.69, 9.17) is 0 Å². The molecular formula is C7H7O2. The quantitative estimate of drug-likeness (QED) is 0.547. The molecule has 0 unspecified atom stereocenters. The molecule has 0 N–H and O–H groups in total. The molecular weight excluding hydrogens is 116 g/mol. The molecule has 2 nitrogen and oxygen atoms in total. The molecule has 0 aliphatic rings. The van der Waals surface area contributed by atoms with E-state index in [-0.39, 0.29) is 0 Å². The molecule has 1 aromatic carbocycles. The topological polar surface area (TPSA) is 29.1 Å². The monoisotopic (exact) mass is 123 g/mol. The van der Waals surface area contributed by atoms with Gasteiger partial charge in [0.05, 0.1) is 0 Å². The summed E-state index contributed by atoms with van der Waals surface area (Å²) in [5.41, 5.74) is 0. The second-order valence-corrected chi connectivity index (χ2v) is 1.58. The fraction of sp³-hybridized carbons (Fsp3) is 0.143. The van der Waals surface area contributed by atoms with Gasteiger partial charge in [-0.1, -0.05) is 18.2 Å². The summed E-state index contributed by atoms with van der Waals surface area (Å²) in [6.07, 6.45) is 0. The fourth-order valence-electron chi connectivity index (χ4n) is 0.585. The molecule has 1 aromatic rings. The van der Waals surface area contributed by atoms with Crippen LogP contribution in [0.25, 0.3) is 0 Å². The van der Waals surface area contributed by atoms with Crippen molar-refractivity contribution in [2.24, 2.45) is 0 Å². The summed E-state index contributed by atoms with van der Waals surface area (Å²) < 4.78 is 4.65. The lowest BCUT2D eigenvalue weighted by molar-refractivity contribution is 0.0376. The van der Waals surface area contributed by atoms with Crippen molar-refractivity contribution >= 4 is 0 Å². The second kappa shape index (κ2) is 3.10. The van der Waals surface area contributed by atoms with Crippen molar-refractivity contribution < 1.29 is 9.84 Å². The maximum absolute atomic E-state index is 9.88. The van der Waals surface area contributed by atoms with Crippen LogP contribution in [-0.4, -0.2) is 6.79 Å². The maximum atomic E-state index is 9.88. The van der Waals surface area contributed by atoms with Crippen LogP contribution in [0.1, 0.15) is 0 Å². The van der Waals surface area contributed by atoms with Gasteiger partial charge in [0.25, 0.3) is 0 Å². The van der Waals surface area contributed by atoms with E-state index in [2.05, 4.69) is 4.74 Å². The van der Waals surface area contributed by atoms with Crippen LogP contribution < -0.4 is 4.74 Å². The number of rotatable bonds is 2. The van der Waals surface area contributed by atoms with Crippen molar-refractivity contribution in [3.8, 4) is 5.75 Å². The zero-order valence-corrected chi connectivity index (χ0v) is 4.91. The SMILES string of the molecule is [O]COc1ccccc1. The van der Waals surface area contributed by atoms with Gasteiger partial charge >= 0.3 is 0 Å². The number of hydrogen-bond donors (Lipinski definition) is 0. The van der Waals surface area contributed by atoms with Gasteiger partial charge in [-0.2, -0.15) is 5.11 Å². The number of ether oxygens (including phenoxy) is 1. The first-order chi connectivity index (χ1) is 4.43. The molecule has 1 rings (SSSR count). The summed E-state index contributed by atoms with van der Waals surface area (Å²) in [6.45, 7) is -0.510. The van der Waals surface area contributed by atoms with Gasteiger partial charge in [-0.05, 0) is 12.1 Å². The minimum atomic E-state index is -0.510. The Morgan fingerprint density at radius 1 is 1.22 bits per heavy atom. The Morgan fingerprint density at radius 2 is 1.89 bits per heavy atom. The largest absolute Gasteiger partial charge is 0.465 e. The summed E-state index contributed by atoms with van der Waals surface area (Å²) in [6, 6.07) is 9.02. The minimum Gasteiger partial charge on any atom is -0.465 e. The molecule has 0 saturated carbocycles. The molecule has 0 saturated heterocycles. The molecule has 0 spiro atoms. The first kappa shape index (κ1) is 6.11. The third-order valence-electron chi connectivity index (χ3n) is 0.969. The molecule has 0 aromatic heterocycles. The van der Waals surface area contributed by atoms with Gasteiger partial charge in [-0.25, -0.2) is 0 Å². The number of benzene rings is 1. The second-order valence-electron chi connectivity index (χ2n) is 1.58. The van der Waals surface area contributed by atoms with Crippen LogP contribution in [0.15, 0.2) is 30.3 Å². The van der Waals surface area contributed by atoms with Crippen LogP contribution in [0.4, 0.5) is 0 Å². The van der Waals surface area contributed by atoms with Crippen LogP contribution in [0.5, 0.6) is 5.75 Å². The van der Waals surface area contributed by atoms with E-state index < -0.39 is 6.79 Å². The Kier molecular flexibility index (Phi) is 2.10. The standard InChI is InChI=1S/C7H7O2/c8-6-9-7-4-2-1-3-5-7/h1-5H,6H2. The van der Waals surface area contributed by atoms with E-state index in [1.165, 1.54) is 0 Å². The summed E-state index contributed by atoms with van der Waals surface area (Å²) >= 11 is 0. The molecule has 0 atom stereocenters. The Balaban J connectivity index is 2.61. The molecule has 0 aliphatic heterocycles. The average Bonchev–Trinajstić information content (AvgIpc) is 1.91. The van der Waals surface area contributed by atoms with Crippen molar-refractivity contribution in [1.29, 1.82) is 0 Å². The van der Waals surface area contributed by atoms with E-state index >= 15 is 0 Å². The fourth-order valence-corrected chi connectivity index (χ4v) is 0.585. The molecule has 0 fully saturated rings. The van der Waals surface area contributed by atoms with Gasteiger partial charge < -0.3 is 4.74 Å². The van der Waals surface area contributed by atoms with Gasteiger partial charge in [0, 0.05) is 0 Å². The highest BCUT2D eigenvalue weighted by molar-refractivity contribution is 5.20. The average molecular weight is 123 g/mol. The van der Waals surface area contributed by atoms with Crippen molar-refractivity contribution in [3.05, 3.63) is 30.3 Å². The molecule has 9 heavy (non-hydrogen) atoms. The van der Waals surface area contributed by atoms with Gasteiger partial charge in [0.1, 0.15) is 5.75 Å². The van der Waals surface area contributed by atoms with Crippen molar-refractivity contribution in [2.75, 3.05) is 6.79 Å². The molecule has 0 amide bonds. The highest BCUT2D eigenvalue weighted by Crippen LogP contribution is 2.06. The van der Waals surface area contributed by atoms with Crippen LogP contribution >= 0.6 is 0 Å². The van der Waals surface area contributed by atoms with Gasteiger partial charge in [0.2, 0.25) is 6.79 Å². The van der Waals surface area contributed by atoms with Gasteiger partial charge in [-0.3, -0.25) is 0 Å². The highest BCUT2D eigenvalue weighted by atomic mass is 16.6. The third-order valence-corrected chi connectivity index (χ3v) is 0.969. The van der Waals surface area contributed by atoms with Crippen LogP contribution in [0, 0.1) is 0 Å². The van der Waals surface area contributed by atoms with E-state index in [0.717, 1.165) is 0 Å². The zero-order valence-electron chi connectivity index (χ0n) is 4.91. The summed E-state index contributed by atoms with van der Waals surface area (Å²) in [4.78, 5) is 0. The number of hydrogen-bond acceptors (Lipinski definition) is 1. The highest BCUT2D eigenvalue weighted by Gasteiger charge is 1.85. The van der Waals surface area contributed by atoms with Crippen LogP contribution in [0.2, 0.25) is 0 Å². The number of para-hydroxylation sites is 1. The van der Waals surface area contributed by atoms with E-state index in [1.807, 2.05) is 18.2 Å².